The molecule has 2 aromatic carbocycles. The minimum Gasteiger partial charge on any atom is -0.398 e. The fourth-order valence-corrected chi connectivity index (χ4v) is 3.18. The number of carbonyl (C=O) groups is 2. The lowest BCUT2D eigenvalue weighted by molar-refractivity contribution is 0.101. The summed E-state index contributed by atoms with van der Waals surface area (Å²) in [5.41, 5.74) is 7.74. The highest BCUT2D eigenvalue weighted by Crippen LogP contribution is 2.24. The first-order chi connectivity index (χ1) is 16.7. The number of hydrogen-bond donors (Lipinski definition) is 2. The number of nitrogens with two attached hydrogens (primary N) is 1. The van der Waals surface area contributed by atoms with Crippen molar-refractivity contribution < 1.29 is 9.59 Å². The predicted molar refractivity (Wildman–Crippen MR) is 144 cm³/mol. The third-order valence-corrected chi connectivity index (χ3v) is 5.00. The first-order valence-corrected chi connectivity index (χ1v) is 11.4. The number of nitrogen functional groups attached to an aromatic ring is 1. The van der Waals surface area contributed by atoms with Crippen molar-refractivity contribution in [1.29, 1.82) is 0 Å². The maximum Gasteiger partial charge on any atom is 0.161 e. The van der Waals surface area contributed by atoms with Gasteiger partial charge in [-0.15, -0.1) is 0 Å². The van der Waals surface area contributed by atoms with Gasteiger partial charge in [-0.2, -0.15) is 0 Å². The first-order valence-electron chi connectivity index (χ1n) is 10.3. The van der Waals surface area contributed by atoms with Gasteiger partial charge in [-0.3, -0.25) is 9.59 Å². The van der Waals surface area contributed by atoms with Crippen molar-refractivity contribution in [3.05, 3.63) is 112 Å². The molecule has 0 unspecified atom stereocenters. The Labute approximate surface area is 219 Å². The van der Waals surface area contributed by atoms with E-state index in [9.17, 15) is 9.59 Å². The highest BCUT2D eigenvalue weighted by Gasteiger charge is 2.08. The fourth-order valence-electron chi connectivity index (χ4n) is 2.70. The maximum absolute atomic E-state index is 11.5. The van der Waals surface area contributed by atoms with Gasteiger partial charge >= 0.3 is 0 Å². The number of aromatic nitrogens is 2. The highest BCUT2D eigenvalue weighted by molar-refractivity contribution is 6.31. The summed E-state index contributed by atoms with van der Waals surface area (Å²) in [6.45, 7) is 2.99. The SMILES string of the molecule is CC(=O)c1ccc(Cl)cc1N.CC(=O)c1ccc(Cl)cc1Nc1ccccn1.Clc1ccccn1. The van der Waals surface area contributed by atoms with Crippen molar-refractivity contribution >= 4 is 63.6 Å². The van der Waals surface area contributed by atoms with E-state index in [4.69, 9.17) is 40.5 Å². The number of nitrogens with zero attached hydrogens (tertiary/aromatic N) is 2. The number of rotatable bonds is 4. The third kappa shape index (κ3) is 9.74. The zero-order valence-electron chi connectivity index (χ0n) is 19.0. The second-order valence-corrected chi connectivity index (χ2v) is 8.29. The van der Waals surface area contributed by atoms with E-state index in [1.165, 1.54) is 13.8 Å². The molecular weight excluding hydrogens is 507 g/mol. The van der Waals surface area contributed by atoms with Gasteiger partial charge in [-0.05, 0) is 74.5 Å². The minimum absolute atomic E-state index is 0.0138. The number of Topliss-reactive ketones (excluding diaryl/α,β-unsaturated/α-hetero) is 2. The van der Waals surface area contributed by atoms with E-state index in [0.29, 0.717) is 43.5 Å². The Morgan fingerprint density at radius 3 is 1.77 bits per heavy atom. The second-order valence-electron chi connectivity index (χ2n) is 7.03. The van der Waals surface area contributed by atoms with Crippen LogP contribution in [0.4, 0.5) is 17.2 Å². The van der Waals surface area contributed by atoms with Gasteiger partial charge in [-0.1, -0.05) is 46.9 Å². The quantitative estimate of drug-likeness (QED) is 0.161. The first kappa shape index (κ1) is 27.8. The molecule has 0 saturated carbocycles. The summed E-state index contributed by atoms with van der Waals surface area (Å²) >= 11 is 17.0. The Hall–Kier alpha value is -3.45. The number of ketones is 2. The molecule has 35 heavy (non-hydrogen) atoms. The summed E-state index contributed by atoms with van der Waals surface area (Å²) in [4.78, 5) is 30.2. The summed E-state index contributed by atoms with van der Waals surface area (Å²) in [5, 5.41) is 4.75. The van der Waals surface area contributed by atoms with Gasteiger partial charge in [0, 0.05) is 39.3 Å². The molecule has 180 valence electrons. The van der Waals surface area contributed by atoms with Crippen LogP contribution in [0.25, 0.3) is 0 Å². The molecule has 2 heterocycles. The number of anilines is 3. The largest absolute Gasteiger partial charge is 0.398 e. The van der Waals surface area contributed by atoms with E-state index < -0.39 is 0 Å². The van der Waals surface area contributed by atoms with E-state index in [1.54, 1.807) is 54.9 Å². The van der Waals surface area contributed by atoms with Crippen LogP contribution in [0.5, 0.6) is 0 Å². The molecular formula is C26H23Cl3N4O2. The molecule has 4 aromatic rings. The number of pyridine rings is 2. The van der Waals surface area contributed by atoms with Crippen LogP contribution < -0.4 is 11.1 Å². The van der Waals surface area contributed by atoms with Crippen LogP contribution in [0.15, 0.2) is 85.2 Å². The molecule has 4 rings (SSSR count). The normalized spacial score (nSPS) is 9.63. The van der Waals surface area contributed by atoms with Crippen molar-refractivity contribution in [3.63, 3.8) is 0 Å². The van der Waals surface area contributed by atoms with Gasteiger partial charge in [0.05, 0.1) is 5.69 Å². The number of halogens is 3. The van der Waals surface area contributed by atoms with Gasteiger partial charge in [0.2, 0.25) is 0 Å². The molecule has 0 saturated heterocycles. The van der Waals surface area contributed by atoms with Crippen LogP contribution in [0.1, 0.15) is 34.6 Å². The molecule has 2 aromatic heterocycles. The molecule has 0 aliphatic heterocycles. The summed E-state index contributed by atoms with van der Waals surface area (Å²) in [7, 11) is 0. The Morgan fingerprint density at radius 1 is 0.743 bits per heavy atom. The Kier molecular flexibility index (Phi) is 11.2. The van der Waals surface area contributed by atoms with Crippen molar-refractivity contribution in [2.75, 3.05) is 11.1 Å². The predicted octanol–water partition coefficient (Wildman–Crippen LogP) is 7.54. The molecule has 9 heteroatoms. The molecule has 0 spiro atoms. The van der Waals surface area contributed by atoms with Gasteiger partial charge in [0.25, 0.3) is 0 Å². The van der Waals surface area contributed by atoms with E-state index in [1.807, 2.05) is 30.3 Å². The Morgan fingerprint density at radius 2 is 1.31 bits per heavy atom. The van der Waals surface area contributed by atoms with Gasteiger partial charge < -0.3 is 11.1 Å². The molecule has 0 radical (unpaired) electrons. The lowest BCUT2D eigenvalue weighted by Gasteiger charge is -2.09. The van der Waals surface area contributed by atoms with E-state index in [0.717, 1.165) is 0 Å². The summed E-state index contributed by atoms with van der Waals surface area (Å²) in [5.74, 6) is 0.622. The molecule has 3 N–H and O–H groups in total. The van der Waals surface area contributed by atoms with E-state index in [-0.39, 0.29) is 11.6 Å². The van der Waals surface area contributed by atoms with Gasteiger partial charge in [0.15, 0.2) is 11.6 Å². The van der Waals surface area contributed by atoms with E-state index >= 15 is 0 Å². The molecule has 0 fully saturated rings. The lowest BCUT2D eigenvalue weighted by atomic mass is 10.1. The van der Waals surface area contributed by atoms with Crippen molar-refractivity contribution in [2.24, 2.45) is 0 Å². The Balaban J connectivity index is 0.000000205. The fraction of sp³-hybridized carbons (Fsp3) is 0.0769. The summed E-state index contributed by atoms with van der Waals surface area (Å²) in [6, 6.07) is 20.9. The van der Waals surface area contributed by atoms with Crippen LogP contribution in [-0.4, -0.2) is 21.5 Å². The molecule has 0 bridgehead atoms. The average Bonchev–Trinajstić information content (AvgIpc) is 2.81. The average molecular weight is 530 g/mol. The lowest BCUT2D eigenvalue weighted by Crippen LogP contribution is -2.01. The van der Waals surface area contributed by atoms with Crippen molar-refractivity contribution in [3.8, 4) is 0 Å². The highest BCUT2D eigenvalue weighted by atomic mass is 35.5. The topological polar surface area (TPSA) is 98.0 Å². The smallest absolute Gasteiger partial charge is 0.161 e. The molecule has 0 aliphatic rings. The third-order valence-electron chi connectivity index (χ3n) is 4.31. The monoisotopic (exact) mass is 528 g/mol. The van der Waals surface area contributed by atoms with Gasteiger partial charge in [-0.25, -0.2) is 9.97 Å². The number of nitrogens with one attached hydrogen (secondary N) is 1. The van der Waals surface area contributed by atoms with Crippen LogP contribution in [-0.2, 0) is 0 Å². The second kappa shape index (κ2) is 14.1. The molecule has 6 nitrogen and oxygen atoms in total. The zero-order valence-corrected chi connectivity index (χ0v) is 21.3. The van der Waals surface area contributed by atoms with Crippen LogP contribution in [0.2, 0.25) is 15.2 Å². The van der Waals surface area contributed by atoms with Crippen LogP contribution >= 0.6 is 34.8 Å². The maximum atomic E-state index is 11.5. The van der Waals surface area contributed by atoms with Crippen molar-refractivity contribution in [2.45, 2.75) is 13.8 Å². The standard InChI is InChI=1S/C13H11ClN2O.C8H8ClNO.C5H4ClN/c1-9(17)11-6-5-10(14)8-12(11)16-13-4-2-3-7-15-13;1-5(11)7-3-2-6(9)4-8(7)10;6-5-3-1-2-4-7-5/h2-8H,1H3,(H,15,16);2-4H,10H2,1H3;1-4H. The van der Waals surface area contributed by atoms with Crippen LogP contribution in [0.3, 0.4) is 0 Å². The number of hydrogen-bond acceptors (Lipinski definition) is 6. The number of benzene rings is 2. The van der Waals surface area contributed by atoms with E-state index in [2.05, 4.69) is 15.3 Å². The molecule has 0 amide bonds. The number of carbonyl (C=O) groups excluding carboxylic acids is 2. The zero-order chi connectivity index (χ0) is 25.8. The Bertz CT molecular complexity index is 1270. The molecule has 0 aliphatic carbocycles. The summed E-state index contributed by atoms with van der Waals surface area (Å²) in [6.07, 6.45) is 3.34. The van der Waals surface area contributed by atoms with Crippen LogP contribution in [0, 0.1) is 0 Å². The minimum atomic E-state index is -0.0424. The van der Waals surface area contributed by atoms with Crippen molar-refractivity contribution in [1.82, 2.24) is 9.97 Å². The summed E-state index contributed by atoms with van der Waals surface area (Å²) < 4.78 is 0. The molecule has 0 atom stereocenters. The van der Waals surface area contributed by atoms with Gasteiger partial charge in [0.1, 0.15) is 11.0 Å².